The minimum absolute atomic E-state index is 0.0264. The van der Waals surface area contributed by atoms with Gasteiger partial charge in [0.05, 0.1) is 18.2 Å². The molecule has 1 N–H and O–H groups in total. The van der Waals surface area contributed by atoms with Gasteiger partial charge in [-0.15, -0.1) is 0 Å². The molecule has 0 aliphatic rings. The zero-order chi connectivity index (χ0) is 16.4. The van der Waals surface area contributed by atoms with Gasteiger partial charge in [-0.05, 0) is 31.9 Å². The number of sulfonamides is 2. The summed E-state index contributed by atoms with van der Waals surface area (Å²) in [6, 6.07) is 3.81. The van der Waals surface area contributed by atoms with Crippen molar-refractivity contribution in [2.75, 3.05) is 29.9 Å². The fourth-order valence-electron chi connectivity index (χ4n) is 2.34. The minimum Gasteiger partial charge on any atom is -0.269 e. The second-order valence-electron chi connectivity index (χ2n) is 5.25. The van der Waals surface area contributed by atoms with E-state index in [2.05, 4.69) is 4.72 Å². The number of nitrogens with zero attached hydrogens (tertiary/aromatic N) is 1. The molecule has 0 saturated carbocycles. The van der Waals surface area contributed by atoms with E-state index in [4.69, 9.17) is 0 Å². The Morgan fingerprint density at radius 3 is 1.86 bits per heavy atom. The molecule has 0 heterocycles. The van der Waals surface area contributed by atoms with Crippen LogP contribution in [0.3, 0.4) is 0 Å². The van der Waals surface area contributed by atoms with Crippen LogP contribution >= 0.6 is 0 Å². The molecule has 0 saturated heterocycles. The van der Waals surface area contributed by atoms with Crippen molar-refractivity contribution in [1.82, 2.24) is 4.72 Å². The molecule has 6 nitrogen and oxygen atoms in total. The molecule has 0 unspecified atom stereocenters. The molecule has 21 heavy (non-hydrogen) atoms. The Labute approximate surface area is 127 Å². The summed E-state index contributed by atoms with van der Waals surface area (Å²) in [5.74, 6) is 0. The van der Waals surface area contributed by atoms with E-state index >= 15 is 0 Å². The summed E-state index contributed by atoms with van der Waals surface area (Å²) in [6.45, 7) is 5.71. The molecule has 0 spiro atoms. The molecule has 0 radical (unpaired) electrons. The SMILES string of the molecule is Cc1cc(C)c(N(CCNS(C)(=O)=O)S(C)(=O)=O)c(C)c1. The molecule has 0 aromatic heterocycles. The van der Waals surface area contributed by atoms with E-state index in [9.17, 15) is 16.8 Å². The largest absolute Gasteiger partial charge is 0.269 e. The smallest absolute Gasteiger partial charge is 0.232 e. The summed E-state index contributed by atoms with van der Waals surface area (Å²) >= 11 is 0. The summed E-state index contributed by atoms with van der Waals surface area (Å²) < 4.78 is 49.8. The third kappa shape index (κ3) is 5.29. The molecular formula is C13H22N2O4S2. The van der Waals surface area contributed by atoms with Crippen LogP contribution in [-0.4, -0.2) is 42.4 Å². The van der Waals surface area contributed by atoms with Crippen molar-refractivity contribution >= 4 is 25.7 Å². The zero-order valence-electron chi connectivity index (χ0n) is 13.0. The van der Waals surface area contributed by atoms with Crippen molar-refractivity contribution in [1.29, 1.82) is 0 Å². The van der Waals surface area contributed by atoms with E-state index in [1.807, 2.05) is 32.9 Å². The first-order valence-corrected chi connectivity index (χ1v) is 10.2. The van der Waals surface area contributed by atoms with E-state index in [1.165, 1.54) is 4.31 Å². The predicted molar refractivity (Wildman–Crippen MR) is 85.7 cm³/mol. The van der Waals surface area contributed by atoms with Crippen LogP contribution in [0, 0.1) is 20.8 Å². The number of nitrogens with one attached hydrogen (secondary N) is 1. The topological polar surface area (TPSA) is 83.6 Å². The average molecular weight is 334 g/mol. The first kappa shape index (κ1) is 17.9. The lowest BCUT2D eigenvalue weighted by Gasteiger charge is -2.26. The van der Waals surface area contributed by atoms with Crippen molar-refractivity contribution in [3.63, 3.8) is 0 Å². The van der Waals surface area contributed by atoms with Gasteiger partial charge < -0.3 is 0 Å². The van der Waals surface area contributed by atoms with Crippen LogP contribution in [0.2, 0.25) is 0 Å². The van der Waals surface area contributed by atoms with Crippen molar-refractivity contribution < 1.29 is 16.8 Å². The van der Waals surface area contributed by atoms with E-state index in [-0.39, 0.29) is 13.1 Å². The first-order valence-electron chi connectivity index (χ1n) is 6.42. The quantitative estimate of drug-likeness (QED) is 0.839. The van der Waals surface area contributed by atoms with Crippen LogP contribution in [0.15, 0.2) is 12.1 Å². The molecule has 0 atom stereocenters. The molecule has 0 fully saturated rings. The molecular weight excluding hydrogens is 312 g/mol. The third-order valence-corrected chi connectivity index (χ3v) is 4.86. The Morgan fingerprint density at radius 2 is 1.48 bits per heavy atom. The number of hydrogen-bond acceptors (Lipinski definition) is 4. The molecule has 0 aliphatic heterocycles. The van der Waals surface area contributed by atoms with Gasteiger partial charge in [-0.2, -0.15) is 0 Å². The van der Waals surface area contributed by atoms with E-state index in [1.54, 1.807) is 0 Å². The molecule has 8 heteroatoms. The Kier molecular flexibility index (Phi) is 5.40. The van der Waals surface area contributed by atoms with Gasteiger partial charge in [0, 0.05) is 13.1 Å². The highest BCUT2D eigenvalue weighted by molar-refractivity contribution is 7.92. The summed E-state index contributed by atoms with van der Waals surface area (Å²) in [5.41, 5.74) is 3.35. The third-order valence-electron chi connectivity index (χ3n) is 2.96. The predicted octanol–water partition coefficient (Wildman–Crippen LogP) is 0.927. The molecule has 120 valence electrons. The summed E-state index contributed by atoms with van der Waals surface area (Å²) in [7, 11) is -6.84. The van der Waals surface area contributed by atoms with Crippen LogP contribution < -0.4 is 9.03 Å². The zero-order valence-corrected chi connectivity index (χ0v) is 14.6. The van der Waals surface area contributed by atoms with Crippen LogP contribution in [0.4, 0.5) is 5.69 Å². The van der Waals surface area contributed by atoms with Gasteiger partial charge in [0.15, 0.2) is 0 Å². The number of hydrogen-bond donors (Lipinski definition) is 1. The minimum atomic E-state index is -3.50. The number of benzene rings is 1. The van der Waals surface area contributed by atoms with Gasteiger partial charge in [-0.3, -0.25) is 4.31 Å². The fraction of sp³-hybridized carbons (Fsp3) is 0.538. The molecule has 1 aromatic carbocycles. The molecule has 1 aromatic rings. The maximum atomic E-state index is 12.0. The summed E-state index contributed by atoms with van der Waals surface area (Å²) in [6.07, 6.45) is 2.16. The summed E-state index contributed by atoms with van der Waals surface area (Å²) in [5, 5.41) is 0. The normalized spacial score (nSPS) is 12.4. The highest BCUT2D eigenvalue weighted by Crippen LogP contribution is 2.27. The lowest BCUT2D eigenvalue weighted by Crippen LogP contribution is -2.38. The highest BCUT2D eigenvalue weighted by Gasteiger charge is 2.21. The lowest BCUT2D eigenvalue weighted by molar-refractivity contribution is 0.583. The van der Waals surface area contributed by atoms with Crippen molar-refractivity contribution in [3.05, 3.63) is 28.8 Å². The van der Waals surface area contributed by atoms with Gasteiger partial charge in [-0.1, -0.05) is 17.7 Å². The Hall–Kier alpha value is -1.12. The van der Waals surface area contributed by atoms with E-state index < -0.39 is 20.0 Å². The van der Waals surface area contributed by atoms with E-state index in [0.29, 0.717) is 5.69 Å². The first-order chi connectivity index (χ1) is 9.42. The Bertz CT molecular complexity index is 702. The van der Waals surface area contributed by atoms with Gasteiger partial charge in [-0.25, -0.2) is 21.6 Å². The maximum Gasteiger partial charge on any atom is 0.232 e. The summed E-state index contributed by atoms with van der Waals surface area (Å²) in [4.78, 5) is 0. The Balaban J connectivity index is 3.17. The van der Waals surface area contributed by atoms with Crippen LogP contribution in [-0.2, 0) is 20.0 Å². The van der Waals surface area contributed by atoms with Crippen LogP contribution in [0.25, 0.3) is 0 Å². The number of anilines is 1. The van der Waals surface area contributed by atoms with Crippen molar-refractivity contribution in [2.24, 2.45) is 0 Å². The molecule has 0 bridgehead atoms. The second kappa shape index (κ2) is 6.33. The van der Waals surface area contributed by atoms with Crippen LogP contribution in [0.5, 0.6) is 0 Å². The van der Waals surface area contributed by atoms with Gasteiger partial charge in [0.1, 0.15) is 0 Å². The maximum absolute atomic E-state index is 12.0. The fourth-order valence-corrected chi connectivity index (χ4v) is 3.85. The van der Waals surface area contributed by atoms with E-state index in [0.717, 1.165) is 29.2 Å². The molecule has 0 amide bonds. The van der Waals surface area contributed by atoms with Crippen molar-refractivity contribution in [2.45, 2.75) is 20.8 Å². The number of rotatable bonds is 6. The average Bonchev–Trinajstić information content (AvgIpc) is 2.22. The van der Waals surface area contributed by atoms with Gasteiger partial charge >= 0.3 is 0 Å². The monoisotopic (exact) mass is 334 g/mol. The van der Waals surface area contributed by atoms with Crippen molar-refractivity contribution in [3.8, 4) is 0 Å². The number of aryl methyl sites for hydroxylation is 3. The molecule has 1 rings (SSSR count). The lowest BCUT2D eigenvalue weighted by atomic mass is 10.1. The Morgan fingerprint density at radius 1 is 1.00 bits per heavy atom. The van der Waals surface area contributed by atoms with Crippen LogP contribution in [0.1, 0.15) is 16.7 Å². The standard InChI is InChI=1S/C13H22N2O4S2/c1-10-8-11(2)13(12(3)9-10)15(21(5,18)19)7-6-14-20(4,16)17/h8-9,14H,6-7H2,1-5H3. The second-order valence-corrected chi connectivity index (χ2v) is 8.99. The highest BCUT2D eigenvalue weighted by atomic mass is 32.2. The molecule has 0 aliphatic carbocycles. The van der Waals surface area contributed by atoms with Gasteiger partial charge in [0.2, 0.25) is 20.0 Å². The van der Waals surface area contributed by atoms with Gasteiger partial charge in [0.25, 0.3) is 0 Å².